The molecule has 19 heavy (non-hydrogen) atoms. The molecular formula is C9H2Cl3F5N2. The molecule has 0 bridgehead atoms. The highest BCUT2D eigenvalue weighted by Crippen LogP contribution is 2.44. The first-order valence-corrected chi connectivity index (χ1v) is 5.67. The van der Waals surface area contributed by atoms with Gasteiger partial charge >= 0.3 is 12.1 Å². The van der Waals surface area contributed by atoms with E-state index < -0.39 is 17.9 Å². The third-order valence-corrected chi connectivity index (χ3v) is 3.34. The molecule has 104 valence electrons. The van der Waals surface area contributed by atoms with Crippen molar-refractivity contribution in [3.63, 3.8) is 0 Å². The number of H-pyrrole nitrogens is 1. The molecule has 10 heteroatoms. The number of nitrogens with one attached hydrogen (secondary N) is 1. The summed E-state index contributed by atoms with van der Waals surface area (Å²) in [6, 6.07) is 1.10. The number of benzene rings is 1. The summed E-state index contributed by atoms with van der Waals surface area (Å²) in [5.41, 5.74) is -0.590. The molecule has 0 aliphatic rings. The van der Waals surface area contributed by atoms with Gasteiger partial charge in [-0.15, -0.1) is 0 Å². The normalized spacial score (nSPS) is 13.3. The topological polar surface area (TPSA) is 28.7 Å². The van der Waals surface area contributed by atoms with Crippen LogP contribution in [0.5, 0.6) is 0 Å². The molecule has 0 fully saturated rings. The maximum atomic E-state index is 13.1. The van der Waals surface area contributed by atoms with Crippen LogP contribution in [0.25, 0.3) is 11.0 Å². The predicted octanol–water partition coefficient (Wildman–Crippen LogP) is 5.18. The summed E-state index contributed by atoms with van der Waals surface area (Å²) < 4.78 is 62.9. The van der Waals surface area contributed by atoms with Gasteiger partial charge in [0.05, 0.1) is 20.6 Å². The van der Waals surface area contributed by atoms with E-state index in [1.807, 2.05) is 4.98 Å². The average molecular weight is 339 g/mol. The second-order valence-electron chi connectivity index (χ2n) is 3.54. The average Bonchev–Trinajstić information content (AvgIpc) is 2.70. The molecule has 0 unspecified atom stereocenters. The summed E-state index contributed by atoms with van der Waals surface area (Å²) >= 11 is 17.0. The van der Waals surface area contributed by atoms with E-state index in [0.717, 1.165) is 6.07 Å². The molecular weight excluding hydrogens is 337 g/mol. The molecule has 0 spiro atoms. The van der Waals surface area contributed by atoms with Crippen LogP contribution >= 0.6 is 34.8 Å². The Hall–Kier alpha value is -0.790. The van der Waals surface area contributed by atoms with Crippen LogP contribution in [0.3, 0.4) is 0 Å². The minimum absolute atomic E-state index is 0.0929. The molecule has 0 aliphatic heterocycles. The molecule has 1 heterocycles. The van der Waals surface area contributed by atoms with Crippen molar-refractivity contribution in [3.05, 3.63) is 27.0 Å². The Kier molecular flexibility index (Phi) is 3.35. The zero-order valence-electron chi connectivity index (χ0n) is 8.55. The lowest BCUT2D eigenvalue weighted by Gasteiger charge is -2.16. The van der Waals surface area contributed by atoms with Crippen molar-refractivity contribution in [1.29, 1.82) is 0 Å². The Balaban J connectivity index is 2.73. The third kappa shape index (κ3) is 2.23. The maximum absolute atomic E-state index is 13.1. The van der Waals surface area contributed by atoms with Gasteiger partial charge in [-0.25, -0.2) is 4.98 Å². The molecule has 0 saturated carbocycles. The fourth-order valence-corrected chi connectivity index (χ4v) is 2.05. The lowest BCUT2D eigenvalue weighted by Crippen LogP contribution is -2.34. The van der Waals surface area contributed by atoms with Crippen molar-refractivity contribution in [2.24, 2.45) is 0 Å². The molecule has 2 rings (SSSR count). The Labute approximate surface area is 117 Å². The number of alkyl halides is 5. The summed E-state index contributed by atoms with van der Waals surface area (Å²) in [5, 5.41) is -0.521. The molecule has 0 amide bonds. The smallest absolute Gasteiger partial charge is 0.335 e. The van der Waals surface area contributed by atoms with Crippen LogP contribution < -0.4 is 0 Å². The van der Waals surface area contributed by atoms with E-state index >= 15 is 0 Å². The number of hydrogen-bond donors (Lipinski definition) is 1. The van der Waals surface area contributed by atoms with E-state index in [2.05, 4.69) is 4.98 Å². The van der Waals surface area contributed by atoms with E-state index in [-0.39, 0.29) is 26.1 Å². The van der Waals surface area contributed by atoms with Crippen LogP contribution in [-0.2, 0) is 5.92 Å². The minimum Gasteiger partial charge on any atom is -0.335 e. The quantitative estimate of drug-likeness (QED) is 0.563. The van der Waals surface area contributed by atoms with Crippen LogP contribution in [0.1, 0.15) is 5.82 Å². The van der Waals surface area contributed by atoms with Crippen LogP contribution in [0.15, 0.2) is 6.07 Å². The largest absolute Gasteiger partial charge is 0.461 e. The number of fused-ring (bicyclic) bond motifs is 1. The third-order valence-electron chi connectivity index (χ3n) is 2.27. The van der Waals surface area contributed by atoms with Crippen molar-refractivity contribution in [2.45, 2.75) is 12.1 Å². The van der Waals surface area contributed by atoms with Gasteiger partial charge in [0.15, 0.2) is 5.82 Å². The number of halogens is 8. The van der Waals surface area contributed by atoms with Gasteiger partial charge in [0, 0.05) is 0 Å². The van der Waals surface area contributed by atoms with Gasteiger partial charge in [0.25, 0.3) is 0 Å². The Morgan fingerprint density at radius 1 is 1.00 bits per heavy atom. The predicted molar refractivity (Wildman–Crippen MR) is 61.1 cm³/mol. The number of imidazole rings is 1. The van der Waals surface area contributed by atoms with Gasteiger partial charge in [0.2, 0.25) is 0 Å². The number of aromatic amines is 1. The standard InChI is InChI=1S/C9H2Cl3F5N2/c10-2-1-3(11)5-6(4(2)12)19-7(18-5)8(13,14)9(15,16)17/h1H,(H,18,19). The van der Waals surface area contributed by atoms with Crippen molar-refractivity contribution in [1.82, 2.24) is 9.97 Å². The first kappa shape index (κ1) is 14.6. The summed E-state index contributed by atoms with van der Waals surface area (Å²) in [6.45, 7) is 0. The second kappa shape index (κ2) is 4.36. The van der Waals surface area contributed by atoms with Crippen LogP contribution in [0, 0.1) is 0 Å². The summed E-state index contributed by atoms with van der Waals surface area (Å²) in [4.78, 5) is 4.96. The minimum atomic E-state index is -5.79. The van der Waals surface area contributed by atoms with Gasteiger partial charge in [-0.05, 0) is 6.07 Å². The lowest BCUT2D eigenvalue weighted by atomic mass is 10.3. The Bertz CT molecular complexity index is 649. The number of hydrogen-bond acceptors (Lipinski definition) is 1. The SMILES string of the molecule is FC(F)(F)C(F)(F)c1nc2c(Cl)cc(Cl)c(Cl)c2[nH]1. The number of nitrogens with zero attached hydrogens (tertiary/aromatic N) is 1. The molecule has 0 aliphatic carbocycles. The van der Waals surface area contributed by atoms with E-state index in [1.165, 1.54) is 0 Å². The van der Waals surface area contributed by atoms with Crippen molar-refractivity contribution in [2.75, 3.05) is 0 Å². The van der Waals surface area contributed by atoms with Gasteiger partial charge in [0.1, 0.15) is 5.52 Å². The van der Waals surface area contributed by atoms with Crippen molar-refractivity contribution >= 4 is 45.8 Å². The first-order valence-electron chi connectivity index (χ1n) is 4.54. The molecule has 1 aromatic heterocycles. The molecule has 0 atom stereocenters. The van der Waals surface area contributed by atoms with Gasteiger partial charge in [-0.1, -0.05) is 34.8 Å². The maximum Gasteiger partial charge on any atom is 0.461 e. The van der Waals surface area contributed by atoms with Crippen LogP contribution in [0.4, 0.5) is 22.0 Å². The molecule has 2 nitrogen and oxygen atoms in total. The van der Waals surface area contributed by atoms with Crippen LogP contribution in [0.2, 0.25) is 15.1 Å². The Morgan fingerprint density at radius 2 is 1.58 bits per heavy atom. The van der Waals surface area contributed by atoms with E-state index in [4.69, 9.17) is 34.8 Å². The zero-order valence-corrected chi connectivity index (χ0v) is 10.8. The highest BCUT2D eigenvalue weighted by molar-refractivity contribution is 6.47. The summed E-state index contributed by atoms with van der Waals surface area (Å²) in [5.74, 6) is -6.74. The zero-order chi connectivity index (χ0) is 14.6. The lowest BCUT2D eigenvalue weighted by molar-refractivity contribution is -0.292. The molecule has 1 aromatic carbocycles. The van der Waals surface area contributed by atoms with E-state index in [9.17, 15) is 22.0 Å². The van der Waals surface area contributed by atoms with Crippen LogP contribution in [-0.4, -0.2) is 16.1 Å². The van der Waals surface area contributed by atoms with Gasteiger partial charge in [-0.3, -0.25) is 0 Å². The molecule has 2 aromatic rings. The molecule has 0 radical (unpaired) electrons. The molecule has 0 saturated heterocycles. The molecule has 1 N–H and O–H groups in total. The number of rotatable bonds is 1. The van der Waals surface area contributed by atoms with Crippen molar-refractivity contribution in [3.8, 4) is 0 Å². The summed E-state index contributed by atoms with van der Waals surface area (Å²) in [7, 11) is 0. The van der Waals surface area contributed by atoms with Gasteiger partial charge < -0.3 is 4.98 Å². The monoisotopic (exact) mass is 338 g/mol. The fourth-order valence-electron chi connectivity index (χ4n) is 1.35. The first-order chi connectivity index (χ1) is 8.55. The highest BCUT2D eigenvalue weighted by Gasteiger charge is 2.61. The summed E-state index contributed by atoms with van der Waals surface area (Å²) in [6.07, 6.45) is -5.79. The van der Waals surface area contributed by atoms with E-state index in [0.29, 0.717) is 0 Å². The number of aromatic nitrogens is 2. The fraction of sp³-hybridized carbons (Fsp3) is 0.222. The van der Waals surface area contributed by atoms with Crippen molar-refractivity contribution < 1.29 is 22.0 Å². The Morgan fingerprint density at radius 3 is 2.11 bits per heavy atom. The van der Waals surface area contributed by atoms with E-state index in [1.54, 1.807) is 0 Å². The highest BCUT2D eigenvalue weighted by atomic mass is 35.5. The second-order valence-corrected chi connectivity index (χ2v) is 4.73. The van der Waals surface area contributed by atoms with Gasteiger partial charge in [-0.2, -0.15) is 22.0 Å².